The van der Waals surface area contributed by atoms with Crippen LogP contribution in [0.3, 0.4) is 0 Å². The molecule has 24 heavy (non-hydrogen) atoms. The third kappa shape index (κ3) is 4.70. The van der Waals surface area contributed by atoms with Crippen LogP contribution in [-0.2, 0) is 19.4 Å². The first kappa shape index (κ1) is 18.2. The molecule has 0 saturated carbocycles. The second kappa shape index (κ2) is 9.26. The van der Waals surface area contributed by atoms with Crippen LogP contribution in [0.2, 0.25) is 0 Å². The van der Waals surface area contributed by atoms with Crippen LogP contribution in [0.15, 0.2) is 44.3 Å². The topological polar surface area (TPSA) is 52.2 Å². The van der Waals surface area contributed by atoms with Gasteiger partial charge in [-0.2, -0.15) is 0 Å². The lowest BCUT2D eigenvalue weighted by molar-refractivity contribution is 0.388. The quantitative estimate of drug-likeness (QED) is 0.655. The molecule has 0 fully saturated rings. The summed E-state index contributed by atoms with van der Waals surface area (Å²) in [6.45, 7) is 4.36. The summed E-state index contributed by atoms with van der Waals surface area (Å²) in [7, 11) is 0. The highest BCUT2D eigenvalue weighted by atomic mass is 16.4. The lowest BCUT2D eigenvalue weighted by atomic mass is 10.0. The Morgan fingerprint density at radius 2 is 1.67 bits per heavy atom. The molecule has 0 N–H and O–H groups in total. The van der Waals surface area contributed by atoms with E-state index in [1.165, 1.54) is 23.8 Å². The van der Waals surface area contributed by atoms with Crippen LogP contribution in [0.25, 0.3) is 0 Å². The van der Waals surface area contributed by atoms with Crippen molar-refractivity contribution in [3.05, 3.63) is 68.1 Å². The lowest BCUT2D eigenvalue weighted by Gasteiger charge is -2.10. The van der Waals surface area contributed by atoms with Crippen LogP contribution < -0.4 is 11.3 Å². The van der Waals surface area contributed by atoms with Gasteiger partial charge in [-0.1, -0.05) is 69.9 Å². The first-order chi connectivity index (χ1) is 11.7. The van der Waals surface area contributed by atoms with Crippen LogP contribution in [-0.4, -0.2) is 4.57 Å². The Labute approximate surface area is 143 Å². The maximum Gasteiger partial charge on any atom is 0.422 e. The van der Waals surface area contributed by atoms with Gasteiger partial charge in [0.15, 0.2) is 0 Å². The van der Waals surface area contributed by atoms with Crippen molar-refractivity contribution < 1.29 is 4.42 Å². The van der Waals surface area contributed by atoms with E-state index in [9.17, 15) is 9.59 Å². The van der Waals surface area contributed by atoms with Crippen molar-refractivity contribution in [3.63, 3.8) is 0 Å². The number of hydrogen-bond acceptors (Lipinski definition) is 3. The molecule has 0 radical (unpaired) electrons. The van der Waals surface area contributed by atoms with Crippen LogP contribution in [0, 0.1) is 0 Å². The summed E-state index contributed by atoms with van der Waals surface area (Å²) in [4.78, 5) is 25.0. The summed E-state index contributed by atoms with van der Waals surface area (Å²) in [5, 5.41) is 0. The zero-order valence-corrected chi connectivity index (χ0v) is 14.7. The average Bonchev–Trinajstić information content (AvgIpc) is 2.60. The van der Waals surface area contributed by atoms with E-state index in [1.54, 1.807) is 0 Å². The summed E-state index contributed by atoms with van der Waals surface area (Å²) in [6, 6.07) is 9.53. The number of aryl methyl sites for hydroxylation is 1. The monoisotopic (exact) mass is 329 g/mol. The van der Waals surface area contributed by atoms with Crippen molar-refractivity contribution in [2.24, 2.45) is 0 Å². The highest BCUT2D eigenvalue weighted by molar-refractivity contribution is 5.18. The number of nitrogens with zero attached hydrogens (tertiary/aromatic N) is 1. The molecule has 2 rings (SSSR count). The van der Waals surface area contributed by atoms with E-state index in [0.29, 0.717) is 24.2 Å². The molecule has 1 aromatic heterocycles. The molecule has 0 unspecified atom stereocenters. The zero-order chi connectivity index (χ0) is 17.4. The Morgan fingerprint density at radius 3 is 2.33 bits per heavy atom. The van der Waals surface area contributed by atoms with Gasteiger partial charge in [-0.3, -0.25) is 4.79 Å². The molecule has 0 amide bonds. The first-order valence-corrected chi connectivity index (χ1v) is 8.97. The summed E-state index contributed by atoms with van der Waals surface area (Å²) in [5.74, 6) is -0.0137. The van der Waals surface area contributed by atoms with Crippen LogP contribution >= 0.6 is 0 Å². The molecule has 4 nitrogen and oxygen atoms in total. The van der Waals surface area contributed by atoms with Crippen molar-refractivity contribution in [2.75, 3.05) is 0 Å². The smallest absolute Gasteiger partial charge is 0.414 e. The van der Waals surface area contributed by atoms with E-state index in [2.05, 4.69) is 6.92 Å². The minimum Gasteiger partial charge on any atom is -0.414 e. The van der Waals surface area contributed by atoms with Gasteiger partial charge in [0.2, 0.25) is 0 Å². The molecule has 0 atom stereocenters. The van der Waals surface area contributed by atoms with E-state index >= 15 is 0 Å². The molecule has 0 saturated heterocycles. The second-order valence-corrected chi connectivity index (χ2v) is 6.16. The Balaban J connectivity index is 2.24. The minimum atomic E-state index is -0.560. The number of hydrogen-bond donors (Lipinski definition) is 0. The van der Waals surface area contributed by atoms with Crippen LogP contribution in [0.1, 0.15) is 62.8 Å². The molecular weight excluding hydrogens is 302 g/mol. The second-order valence-electron chi connectivity index (χ2n) is 6.16. The Hall–Kier alpha value is -2.10. The van der Waals surface area contributed by atoms with E-state index in [-0.39, 0.29) is 12.1 Å². The van der Waals surface area contributed by atoms with Crippen LogP contribution in [0.5, 0.6) is 0 Å². The fraction of sp³-hybridized carbons (Fsp3) is 0.500. The van der Waals surface area contributed by atoms with Crippen molar-refractivity contribution >= 4 is 0 Å². The molecule has 1 heterocycles. The van der Waals surface area contributed by atoms with Gasteiger partial charge >= 0.3 is 5.76 Å². The molecule has 4 heteroatoms. The predicted molar refractivity (Wildman–Crippen MR) is 96.6 cm³/mol. The molecule has 0 aliphatic carbocycles. The third-order valence-electron chi connectivity index (χ3n) is 4.31. The Kier molecular flexibility index (Phi) is 7.04. The molecule has 0 spiro atoms. The van der Waals surface area contributed by atoms with E-state index in [1.807, 2.05) is 37.3 Å². The maximum atomic E-state index is 12.8. The number of unbranched alkanes of at least 4 members (excludes halogenated alkanes) is 4. The highest BCUT2D eigenvalue weighted by Gasteiger charge is 2.15. The Morgan fingerprint density at radius 1 is 0.958 bits per heavy atom. The van der Waals surface area contributed by atoms with Gasteiger partial charge in [-0.15, -0.1) is 0 Å². The van der Waals surface area contributed by atoms with Gasteiger partial charge in [-0.05, 0) is 18.4 Å². The van der Waals surface area contributed by atoms with Crippen molar-refractivity contribution in [2.45, 2.75) is 65.3 Å². The van der Waals surface area contributed by atoms with E-state index in [0.717, 1.165) is 18.4 Å². The third-order valence-corrected chi connectivity index (χ3v) is 4.31. The summed E-state index contributed by atoms with van der Waals surface area (Å²) < 4.78 is 6.65. The fourth-order valence-electron chi connectivity index (χ4n) is 2.93. The van der Waals surface area contributed by atoms with E-state index < -0.39 is 5.76 Å². The van der Waals surface area contributed by atoms with Gasteiger partial charge < -0.3 is 4.42 Å². The standard InChI is InChI=1S/C20H27NO3/c1-3-5-6-7-11-14-17-18(4-2)24-20(23)21(19(17)22)15-16-12-9-8-10-13-16/h8-10,12-13H,3-7,11,14-15H2,1-2H3. The molecule has 0 aliphatic heterocycles. The molecule has 1 aromatic carbocycles. The van der Waals surface area contributed by atoms with Crippen molar-refractivity contribution in [1.82, 2.24) is 4.57 Å². The fourth-order valence-corrected chi connectivity index (χ4v) is 2.93. The summed E-state index contributed by atoms with van der Waals surface area (Å²) in [5.41, 5.74) is 1.40. The summed E-state index contributed by atoms with van der Waals surface area (Å²) >= 11 is 0. The van der Waals surface area contributed by atoms with Gasteiger partial charge in [0.05, 0.1) is 12.1 Å². The predicted octanol–water partition coefficient (Wildman–Crippen LogP) is 3.93. The number of benzene rings is 1. The van der Waals surface area contributed by atoms with E-state index in [4.69, 9.17) is 4.42 Å². The molecule has 2 aromatic rings. The average molecular weight is 329 g/mol. The molecular formula is C20H27NO3. The Bertz CT molecular complexity index is 744. The lowest BCUT2D eigenvalue weighted by Crippen LogP contribution is -2.36. The van der Waals surface area contributed by atoms with Gasteiger partial charge in [-0.25, -0.2) is 9.36 Å². The zero-order valence-electron chi connectivity index (χ0n) is 14.7. The van der Waals surface area contributed by atoms with Crippen molar-refractivity contribution in [1.29, 1.82) is 0 Å². The van der Waals surface area contributed by atoms with Crippen LogP contribution in [0.4, 0.5) is 0 Å². The summed E-state index contributed by atoms with van der Waals surface area (Å²) in [6.07, 6.45) is 6.93. The maximum absolute atomic E-state index is 12.8. The molecule has 0 aliphatic rings. The minimum absolute atomic E-state index is 0.192. The number of aromatic nitrogens is 1. The normalized spacial score (nSPS) is 10.9. The first-order valence-electron chi connectivity index (χ1n) is 8.97. The molecule has 0 bridgehead atoms. The largest absolute Gasteiger partial charge is 0.422 e. The molecule has 130 valence electrons. The van der Waals surface area contributed by atoms with Gasteiger partial charge in [0, 0.05) is 6.42 Å². The SMILES string of the molecule is CCCCCCCc1c(CC)oc(=O)n(Cc2ccccc2)c1=O. The van der Waals surface area contributed by atoms with Gasteiger partial charge in [0.1, 0.15) is 5.76 Å². The number of rotatable bonds is 9. The highest BCUT2D eigenvalue weighted by Crippen LogP contribution is 2.10. The van der Waals surface area contributed by atoms with Crippen molar-refractivity contribution in [3.8, 4) is 0 Å². The van der Waals surface area contributed by atoms with Gasteiger partial charge in [0.25, 0.3) is 5.56 Å².